The third-order valence-electron chi connectivity index (χ3n) is 7.34. The molecular weight excluding hydrogens is 513 g/mol. The average molecular weight is 552 g/mol. The second-order valence-electron chi connectivity index (χ2n) is 10.7. The van der Waals surface area contributed by atoms with Crippen LogP contribution in [0.15, 0.2) is 30.7 Å². The molecule has 12 heteroatoms. The van der Waals surface area contributed by atoms with Crippen molar-refractivity contribution in [3.8, 4) is 0 Å². The molecule has 2 aliphatic carbocycles. The zero-order valence-electron chi connectivity index (χ0n) is 22.9. The Morgan fingerprint density at radius 3 is 2.50 bits per heavy atom. The summed E-state index contributed by atoms with van der Waals surface area (Å²) in [6.07, 6.45) is 13.0. The topological polar surface area (TPSA) is 137 Å². The van der Waals surface area contributed by atoms with E-state index in [0.29, 0.717) is 24.1 Å². The van der Waals surface area contributed by atoms with Crippen molar-refractivity contribution in [1.82, 2.24) is 30.2 Å². The van der Waals surface area contributed by atoms with Gasteiger partial charge in [0.05, 0.1) is 30.3 Å². The smallest absolute Gasteiger partial charge is 0.276 e. The van der Waals surface area contributed by atoms with Crippen molar-refractivity contribution in [2.45, 2.75) is 82.8 Å². The molecule has 2 saturated carbocycles. The lowest BCUT2D eigenvalue weighted by molar-refractivity contribution is -0.121. The Kier molecular flexibility index (Phi) is 9.04. The largest absolute Gasteiger partial charge is 0.379 e. The van der Waals surface area contributed by atoms with Crippen LogP contribution in [-0.2, 0) is 4.79 Å². The summed E-state index contributed by atoms with van der Waals surface area (Å²) in [4.78, 5) is 33.5. The van der Waals surface area contributed by atoms with E-state index in [1.165, 1.54) is 35.8 Å². The minimum atomic E-state index is -0.619. The summed E-state index contributed by atoms with van der Waals surface area (Å²) in [5, 5.41) is 20.7. The van der Waals surface area contributed by atoms with Gasteiger partial charge in [0.2, 0.25) is 5.91 Å². The first-order valence-corrected chi connectivity index (χ1v) is 14.3. The first-order chi connectivity index (χ1) is 19.5. The van der Waals surface area contributed by atoms with Gasteiger partial charge >= 0.3 is 0 Å². The Bertz CT molecular complexity index is 1320. The standard InChI is InChI=1S/C28H38FN9O2/c1-2-3-4-12-30-17-26(39)35-20-9-7-19(8-10-20)34-25-14-23(33-18-5-6-18)27-32-16-24(38(27)37-25)28(40)36-22-11-13-31-15-21(22)29/h11,13-16,18-20,30,33H,2-10,12,17H2,1H3,(H,34,37)(H,35,39)(H,31,36,40). The number of halogens is 1. The molecule has 0 unspecified atom stereocenters. The van der Waals surface area contributed by atoms with E-state index in [0.717, 1.165) is 63.4 Å². The summed E-state index contributed by atoms with van der Waals surface area (Å²) in [7, 11) is 0. The highest BCUT2D eigenvalue weighted by molar-refractivity contribution is 6.03. The summed E-state index contributed by atoms with van der Waals surface area (Å²) in [5.74, 6) is -0.461. The van der Waals surface area contributed by atoms with Crippen molar-refractivity contribution in [2.24, 2.45) is 0 Å². The van der Waals surface area contributed by atoms with Gasteiger partial charge in [0.15, 0.2) is 17.2 Å². The number of nitrogens with zero attached hydrogens (tertiary/aromatic N) is 4. The van der Waals surface area contributed by atoms with Crippen LogP contribution in [0.5, 0.6) is 0 Å². The molecule has 0 radical (unpaired) electrons. The Morgan fingerprint density at radius 1 is 1.00 bits per heavy atom. The molecule has 0 atom stereocenters. The lowest BCUT2D eigenvalue weighted by Gasteiger charge is -2.30. The van der Waals surface area contributed by atoms with Crippen LogP contribution in [0.4, 0.5) is 21.6 Å². The third kappa shape index (κ3) is 7.23. The van der Waals surface area contributed by atoms with Crippen LogP contribution in [0.25, 0.3) is 5.65 Å². The first kappa shape index (κ1) is 27.8. The predicted octanol–water partition coefficient (Wildman–Crippen LogP) is 3.71. The summed E-state index contributed by atoms with van der Waals surface area (Å²) in [5.41, 5.74) is 1.56. The van der Waals surface area contributed by atoms with E-state index in [1.54, 1.807) is 0 Å². The number of anilines is 3. The van der Waals surface area contributed by atoms with E-state index in [2.05, 4.69) is 48.6 Å². The molecule has 0 bridgehead atoms. The molecule has 5 rings (SSSR count). The molecule has 2 fully saturated rings. The number of nitrogens with one attached hydrogen (secondary N) is 5. The van der Waals surface area contributed by atoms with Gasteiger partial charge in [0, 0.05) is 30.4 Å². The Hall–Kier alpha value is -3.80. The quantitative estimate of drug-likeness (QED) is 0.203. The van der Waals surface area contributed by atoms with E-state index in [4.69, 9.17) is 0 Å². The van der Waals surface area contributed by atoms with Gasteiger partial charge in [-0.05, 0) is 57.6 Å². The molecule has 2 amide bonds. The normalized spacial score (nSPS) is 18.9. The highest BCUT2D eigenvalue weighted by Crippen LogP contribution is 2.30. The minimum Gasteiger partial charge on any atom is -0.379 e. The van der Waals surface area contributed by atoms with Gasteiger partial charge < -0.3 is 26.6 Å². The number of hydrogen-bond acceptors (Lipinski definition) is 8. The number of rotatable bonds is 13. The number of carbonyl (C=O) groups is 2. The number of amides is 2. The maximum absolute atomic E-state index is 14.1. The third-order valence-corrected chi connectivity index (χ3v) is 7.34. The van der Waals surface area contributed by atoms with Crippen LogP contribution < -0.4 is 26.6 Å². The number of imidazole rings is 1. The average Bonchev–Trinajstić information content (AvgIpc) is 3.66. The molecule has 0 aromatic carbocycles. The monoisotopic (exact) mass is 551 g/mol. The molecule has 3 aromatic rings. The van der Waals surface area contributed by atoms with Gasteiger partial charge in [-0.3, -0.25) is 14.6 Å². The van der Waals surface area contributed by atoms with Crippen molar-refractivity contribution < 1.29 is 14.0 Å². The van der Waals surface area contributed by atoms with Crippen molar-refractivity contribution in [1.29, 1.82) is 0 Å². The summed E-state index contributed by atoms with van der Waals surface area (Å²) >= 11 is 0. The molecule has 3 aromatic heterocycles. The van der Waals surface area contributed by atoms with Crippen LogP contribution >= 0.6 is 0 Å². The maximum atomic E-state index is 14.1. The van der Waals surface area contributed by atoms with Gasteiger partial charge in [-0.25, -0.2) is 13.9 Å². The number of fused-ring (bicyclic) bond motifs is 1. The second kappa shape index (κ2) is 13.0. The number of aromatic nitrogens is 4. The van der Waals surface area contributed by atoms with Gasteiger partial charge in [-0.1, -0.05) is 19.8 Å². The van der Waals surface area contributed by atoms with Crippen molar-refractivity contribution in [2.75, 3.05) is 29.0 Å². The summed E-state index contributed by atoms with van der Waals surface area (Å²) < 4.78 is 15.6. The Morgan fingerprint density at radius 2 is 1.75 bits per heavy atom. The molecule has 0 aliphatic heterocycles. The molecule has 5 N–H and O–H groups in total. The van der Waals surface area contributed by atoms with E-state index >= 15 is 0 Å². The molecule has 40 heavy (non-hydrogen) atoms. The predicted molar refractivity (Wildman–Crippen MR) is 152 cm³/mol. The van der Waals surface area contributed by atoms with E-state index in [-0.39, 0.29) is 29.4 Å². The van der Waals surface area contributed by atoms with Gasteiger partial charge in [-0.2, -0.15) is 0 Å². The zero-order chi connectivity index (χ0) is 27.9. The maximum Gasteiger partial charge on any atom is 0.276 e. The number of unbranched alkanes of at least 4 members (excludes halogenated alkanes) is 2. The molecule has 214 valence electrons. The highest BCUT2D eigenvalue weighted by atomic mass is 19.1. The lowest BCUT2D eigenvalue weighted by Crippen LogP contribution is -2.43. The second-order valence-corrected chi connectivity index (χ2v) is 10.7. The van der Waals surface area contributed by atoms with Crippen molar-refractivity contribution in [3.05, 3.63) is 42.2 Å². The SMILES string of the molecule is CCCCCNCC(=O)NC1CCC(Nc2cc(NC3CC3)c3ncc(C(=O)Nc4ccncc4F)n3n2)CC1. The zero-order valence-corrected chi connectivity index (χ0v) is 22.9. The van der Waals surface area contributed by atoms with E-state index in [1.807, 2.05) is 6.07 Å². The summed E-state index contributed by atoms with van der Waals surface area (Å²) in [6.45, 7) is 3.39. The number of pyridine rings is 1. The summed E-state index contributed by atoms with van der Waals surface area (Å²) in [6, 6.07) is 4.07. The fourth-order valence-electron chi connectivity index (χ4n) is 4.98. The minimum absolute atomic E-state index is 0.0386. The van der Waals surface area contributed by atoms with Crippen LogP contribution in [0.1, 0.15) is 75.2 Å². The number of carbonyl (C=O) groups excluding carboxylic acids is 2. The molecule has 0 spiro atoms. The first-order valence-electron chi connectivity index (χ1n) is 14.3. The van der Waals surface area contributed by atoms with E-state index < -0.39 is 11.7 Å². The van der Waals surface area contributed by atoms with E-state index in [9.17, 15) is 14.0 Å². The van der Waals surface area contributed by atoms with Crippen LogP contribution in [0, 0.1) is 5.82 Å². The highest BCUT2D eigenvalue weighted by Gasteiger charge is 2.26. The lowest BCUT2D eigenvalue weighted by atomic mass is 9.91. The van der Waals surface area contributed by atoms with Gasteiger partial charge in [0.25, 0.3) is 5.91 Å². The van der Waals surface area contributed by atoms with Crippen molar-refractivity contribution in [3.63, 3.8) is 0 Å². The fourth-order valence-corrected chi connectivity index (χ4v) is 4.98. The Balaban J connectivity index is 1.22. The molecule has 11 nitrogen and oxygen atoms in total. The van der Waals surface area contributed by atoms with Crippen LogP contribution in [0.2, 0.25) is 0 Å². The van der Waals surface area contributed by atoms with Crippen molar-refractivity contribution >= 4 is 34.7 Å². The fraction of sp³-hybridized carbons (Fsp3) is 0.536. The molecule has 2 aliphatic rings. The molecule has 3 heterocycles. The van der Waals surface area contributed by atoms with Crippen LogP contribution in [-0.4, -0.2) is 62.6 Å². The molecular formula is C28H38FN9O2. The number of hydrogen-bond donors (Lipinski definition) is 5. The van der Waals surface area contributed by atoms with Gasteiger partial charge in [-0.15, -0.1) is 5.10 Å². The van der Waals surface area contributed by atoms with Crippen LogP contribution in [0.3, 0.4) is 0 Å². The molecule has 0 saturated heterocycles. The van der Waals surface area contributed by atoms with Gasteiger partial charge in [0.1, 0.15) is 5.82 Å². The Labute approximate surface area is 233 Å².